The van der Waals surface area contributed by atoms with Gasteiger partial charge in [0.15, 0.2) is 0 Å². The summed E-state index contributed by atoms with van der Waals surface area (Å²) >= 11 is 2.78. The molecule has 0 fully saturated rings. The quantitative estimate of drug-likeness (QED) is 0.272. The van der Waals surface area contributed by atoms with E-state index in [1.165, 1.54) is 47.8 Å². The maximum atomic E-state index is 13.4. The van der Waals surface area contributed by atoms with E-state index in [9.17, 15) is 17.6 Å². The first-order valence-corrected chi connectivity index (χ1v) is 9.69. The third kappa shape index (κ3) is 6.40. The molecule has 0 amide bonds. The minimum atomic E-state index is -0.563. The van der Waals surface area contributed by atoms with Crippen molar-refractivity contribution in [3.05, 3.63) is 59.7 Å². The van der Waals surface area contributed by atoms with E-state index < -0.39 is 23.3 Å². The first-order valence-electron chi connectivity index (χ1n) is 7.72. The number of rotatable bonds is 9. The summed E-state index contributed by atoms with van der Waals surface area (Å²) in [5.41, 5.74) is 0. The zero-order valence-corrected chi connectivity index (χ0v) is 14.7. The summed E-state index contributed by atoms with van der Waals surface area (Å²) in [6.45, 7) is 0. The van der Waals surface area contributed by atoms with E-state index >= 15 is 0 Å². The van der Waals surface area contributed by atoms with Gasteiger partial charge in [0, 0.05) is 21.9 Å². The highest BCUT2D eigenvalue weighted by Gasteiger charge is 2.05. The van der Waals surface area contributed by atoms with Crippen molar-refractivity contribution in [3.63, 3.8) is 0 Å². The molecule has 0 bridgehead atoms. The lowest BCUT2D eigenvalue weighted by atomic mass is 10.2. The molecule has 0 spiro atoms. The number of halogens is 4. The molecule has 0 saturated heterocycles. The summed E-state index contributed by atoms with van der Waals surface area (Å²) in [7, 11) is 0. The smallest absolute Gasteiger partial charge is 0.139 e. The topological polar surface area (TPSA) is 0 Å². The molecule has 2 aromatic carbocycles. The summed E-state index contributed by atoms with van der Waals surface area (Å²) in [5.74, 6) is -0.598. The van der Waals surface area contributed by atoms with Crippen LogP contribution in [0, 0.1) is 23.3 Å². The van der Waals surface area contributed by atoms with Crippen LogP contribution in [0.15, 0.2) is 46.2 Å². The molecule has 0 aliphatic carbocycles. The van der Waals surface area contributed by atoms with E-state index in [4.69, 9.17) is 0 Å². The van der Waals surface area contributed by atoms with Crippen LogP contribution in [-0.2, 0) is 0 Å². The number of benzene rings is 2. The molecule has 24 heavy (non-hydrogen) atoms. The standard InChI is InChI=1S/C18H18F4S2/c19-13-5-7-17(15(21)11-13)23-9-3-1-2-4-10-24-18-8-6-14(20)12-16(18)22/h5-8,11-12H,1-4,9-10H2. The zero-order valence-electron chi connectivity index (χ0n) is 13.0. The lowest BCUT2D eigenvalue weighted by Gasteiger charge is -2.05. The molecule has 2 rings (SSSR count). The molecule has 0 aromatic heterocycles. The van der Waals surface area contributed by atoms with Gasteiger partial charge < -0.3 is 0 Å². The van der Waals surface area contributed by atoms with Crippen LogP contribution in [0.4, 0.5) is 17.6 Å². The second kappa shape index (κ2) is 9.99. The molecule has 0 unspecified atom stereocenters. The summed E-state index contributed by atoms with van der Waals surface area (Å²) in [6, 6.07) is 7.24. The first kappa shape index (κ1) is 19.2. The number of unbranched alkanes of at least 4 members (excludes halogenated alkanes) is 3. The van der Waals surface area contributed by atoms with Crippen LogP contribution in [0.3, 0.4) is 0 Å². The lowest BCUT2D eigenvalue weighted by molar-refractivity contribution is 0.564. The minimum absolute atomic E-state index is 0.471. The van der Waals surface area contributed by atoms with Gasteiger partial charge in [-0.2, -0.15) is 0 Å². The molecule has 0 aliphatic rings. The van der Waals surface area contributed by atoms with Crippen molar-refractivity contribution >= 4 is 23.5 Å². The van der Waals surface area contributed by atoms with E-state index in [2.05, 4.69) is 0 Å². The van der Waals surface area contributed by atoms with E-state index in [1.807, 2.05) is 0 Å². The van der Waals surface area contributed by atoms with Gasteiger partial charge >= 0.3 is 0 Å². The van der Waals surface area contributed by atoms with Gasteiger partial charge in [-0.05, 0) is 48.6 Å². The van der Waals surface area contributed by atoms with Gasteiger partial charge in [-0.25, -0.2) is 17.6 Å². The van der Waals surface area contributed by atoms with Crippen LogP contribution in [0.5, 0.6) is 0 Å². The summed E-state index contributed by atoms with van der Waals surface area (Å²) in [5, 5.41) is 0. The van der Waals surface area contributed by atoms with Crippen LogP contribution in [0.2, 0.25) is 0 Å². The van der Waals surface area contributed by atoms with Gasteiger partial charge in [0.2, 0.25) is 0 Å². The average molecular weight is 374 g/mol. The Labute approximate surface area is 148 Å². The molecular weight excluding hydrogens is 356 g/mol. The zero-order chi connectivity index (χ0) is 17.4. The van der Waals surface area contributed by atoms with Gasteiger partial charge in [-0.1, -0.05) is 12.8 Å². The van der Waals surface area contributed by atoms with E-state index in [-0.39, 0.29) is 0 Å². The third-order valence-electron chi connectivity index (χ3n) is 3.34. The fourth-order valence-corrected chi connectivity index (χ4v) is 3.97. The predicted octanol–water partition coefficient (Wildman–Crippen LogP) is 6.69. The van der Waals surface area contributed by atoms with Gasteiger partial charge in [0.25, 0.3) is 0 Å². The molecule has 0 atom stereocenters. The molecule has 0 heterocycles. The highest BCUT2D eigenvalue weighted by molar-refractivity contribution is 7.99. The fraction of sp³-hybridized carbons (Fsp3) is 0.333. The second-order valence-corrected chi connectivity index (χ2v) is 7.53. The summed E-state index contributed by atoms with van der Waals surface area (Å²) < 4.78 is 52.4. The minimum Gasteiger partial charge on any atom is -0.207 e. The molecule has 0 aliphatic heterocycles. The summed E-state index contributed by atoms with van der Waals surface area (Å²) in [4.78, 5) is 0.942. The maximum Gasteiger partial charge on any atom is 0.139 e. The van der Waals surface area contributed by atoms with Crippen molar-refractivity contribution in [1.29, 1.82) is 0 Å². The summed E-state index contributed by atoms with van der Waals surface area (Å²) in [6.07, 6.45) is 3.89. The molecule has 0 N–H and O–H groups in total. The van der Waals surface area contributed by atoms with Crippen LogP contribution in [0.1, 0.15) is 25.7 Å². The number of hydrogen-bond donors (Lipinski definition) is 0. The number of thioether (sulfide) groups is 2. The van der Waals surface area contributed by atoms with Gasteiger partial charge in [0.05, 0.1) is 0 Å². The Kier molecular flexibility index (Phi) is 7.99. The monoisotopic (exact) mass is 374 g/mol. The SMILES string of the molecule is Fc1ccc(SCCCCCCSc2ccc(F)cc2F)c(F)c1. The molecule has 0 saturated carbocycles. The Hall–Kier alpha value is -1.14. The number of hydrogen-bond acceptors (Lipinski definition) is 2. The average Bonchev–Trinajstić information content (AvgIpc) is 2.53. The van der Waals surface area contributed by atoms with Crippen molar-refractivity contribution in [2.24, 2.45) is 0 Å². The second-order valence-electron chi connectivity index (χ2n) is 5.26. The Morgan fingerprint density at radius 1 is 0.583 bits per heavy atom. The molecule has 6 heteroatoms. The first-order chi connectivity index (χ1) is 11.6. The fourth-order valence-electron chi connectivity index (χ4n) is 2.11. The molecule has 2 aromatic rings. The Morgan fingerprint density at radius 3 is 1.38 bits per heavy atom. The predicted molar refractivity (Wildman–Crippen MR) is 92.6 cm³/mol. The highest BCUT2D eigenvalue weighted by atomic mass is 32.2. The van der Waals surface area contributed by atoms with E-state index in [0.717, 1.165) is 49.3 Å². The molecule has 0 radical (unpaired) electrons. The van der Waals surface area contributed by atoms with Crippen LogP contribution >= 0.6 is 23.5 Å². The molecular formula is C18H18F4S2. The van der Waals surface area contributed by atoms with Gasteiger partial charge in [-0.15, -0.1) is 23.5 Å². The van der Waals surface area contributed by atoms with E-state index in [0.29, 0.717) is 9.79 Å². The Balaban J connectivity index is 1.55. The maximum absolute atomic E-state index is 13.4. The highest BCUT2D eigenvalue weighted by Crippen LogP contribution is 2.25. The lowest BCUT2D eigenvalue weighted by Crippen LogP contribution is -1.88. The molecule has 130 valence electrons. The van der Waals surface area contributed by atoms with Crippen LogP contribution < -0.4 is 0 Å². The van der Waals surface area contributed by atoms with Gasteiger partial charge in [-0.3, -0.25) is 0 Å². The van der Waals surface area contributed by atoms with Crippen molar-refractivity contribution in [1.82, 2.24) is 0 Å². The van der Waals surface area contributed by atoms with Crippen molar-refractivity contribution in [3.8, 4) is 0 Å². The Morgan fingerprint density at radius 2 is 1.00 bits per heavy atom. The van der Waals surface area contributed by atoms with Crippen molar-refractivity contribution < 1.29 is 17.6 Å². The Bertz CT molecular complexity index is 604. The van der Waals surface area contributed by atoms with Crippen molar-refractivity contribution in [2.45, 2.75) is 35.5 Å². The third-order valence-corrected chi connectivity index (χ3v) is 5.61. The van der Waals surface area contributed by atoms with Gasteiger partial charge in [0.1, 0.15) is 23.3 Å². The largest absolute Gasteiger partial charge is 0.207 e. The van der Waals surface area contributed by atoms with Crippen LogP contribution in [-0.4, -0.2) is 11.5 Å². The van der Waals surface area contributed by atoms with Crippen LogP contribution in [0.25, 0.3) is 0 Å². The molecule has 0 nitrogen and oxygen atoms in total. The van der Waals surface area contributed by atoms with Crippen molar-refractivity contribution in [2.75, 3.05) is 11.5 Å². The normalized spacial score (nSPS) is 11.0. The van der Waals surface area contributed by atoms with E-state index in [1.54, 1.807) is 0 Å².